The Morgan fingerprint density at radius 2 is 1.81 bits per heavy atom. The van der Waals surface area contributed by atoms with Crippen LogP contribution in [0.4, 0.5) is 10.5 Å². The largest absolute Gasteiger partial charge is 0.487 e. The molecule has 4 rings (SSSR count). The Labute approximate surface area is 378 Å². The predicted octanol–water partition coefficient (Wildman–Crippen LogP) is 10.8. The Hall–Kier alpha value is -6.19. The molecule has 3 aromatic carbocycles. The van der Waals surface area contributed by atoms with Gasteiger partial charge in [-0.05, 0) is 104 Å². The number of imide groups is 1. The fraction of sp³-hybridized carbons (Fsp3) is 0.400. The Morgan fingerprint density at radius 3 is 2.40 bits per heavy atom. The van der Waals surface area contributed by atoms with Gasteiger partial charge in [0.15, 0.2) is 5.75 Å². The van der Waals surface area contributed by atoms with Crippen molar-refractivity contribution in [1.29, 1.82) is 5.26 Å². The molecule has 1 saturated heterocycles. The van der Waals surface area contributed by atoms with Crippen molar-refractivity contribution in [2.24, 2.45) is 22.6 Å². The molecular formula is C50H64ClN5O7. The maximum Gasteiger partial charge on any atom is 0.411 e. The summed E-state index contributed by atoms with van der Waals surface area (Å²) in [5, 5.41) is 15.3. The van der Waals surface area contributed by atoms with Gasteiger partial charge in [-0.2, -0.15) is 5.26 Å². The maximum atomic E-state index is 12.5. The van der Waals surface area contributed by atoms with Gasteiger partial charge in [0.1, 0.15) is 37.1 Å². The third-order valence-corrected chi connectivity index (χ3v) is 10.5. The van der Waals surface area contributed by atoms with E-state index in [1.54, 1.807) is 24.3 Å². The number of aldehydes is 1. The lowest BCUT2D eigenvalue weighted by Crippen LogP contribution is -2.39. The number of hydrogen-bond donors (Lipinski definition) is 3. The number of aryl methyl sites for hydroxylation is 1. The lowest BCUT2D eigenvalue weighted by molar-refractivity contribution is -0.135. The first kappa shape index (κ1) is 52.9. The molecule has 0 radical (unpaired) electrons. The number of hydrogen-bond acceptors (Lipinski definition) is 9. The fourth-order valence-electron chi connectivity index (χ4n) is 6.08. The van der Waals surface area contributed by atoms with Crippen molar-refractivity contribution in [3.05, 3.63) is 124 Å². The molecule has 12 nitrogen and oxygen atoms in total. The second kappa shape index (κ2) is 27.0. The molecular weight excluding hydrogens is 818 g/mol. The number of carbonyl (C=O) groups is 4. The van der Waals surface area contributed by atoms with Crippen LogP contribution in [0.1, 0.15) is 115 Å². The zero-order valence-electron chi connectivity index (χ0n) is 38.1. The minimum Gasteiger partial charge on any atom is -0.487 e. The number of nitrogens with zero attached hydrogens (tertiary/aromatic N) is 2. The van der Waals surface area contributed by atoms with Gasteiger partial charge in [-0.3, -0.25) is 20.2 Å². The number of rotatable bonds is 18. The van der Waals surface area contributed by atoms with E-state index in [4.69, 9.17) is 36.3 Å². The summed E-state index contributed by atoms with van der Waals surface area (Å²) >= 11 is 6.70. The number of carbonyl (C=O) groups excluding carboxylic acids is 4. The van der Waals surface area contributed by atoms with Crippen molar-refractivity contribution in [2.75, 3.05) is 18.5 Å². The van der Waals surface area contributed by atoms with Crippen molar-refractivity contribution in [2.45, 2.75) is 106 Å². The molecule has 1 fully saturated rings. The molecule has 1 heterocycles. The van der Waals surface area contributed by atoms with E-state index < -0.39 is 11.5 Å². The standard InChI is InChI=1S/C42H51ClN4O4.C6H9NO2.C2H4O/c1-9-12-36(46-39(45)13-10-2)27-50-37-18-15-33(16-19-37)42(7,8)34-23-32(26-44)40(38(43)25-34)51-30(6)20-21-49-41(48)47-35-17-14-29(5)31(24-35)22-28(4)11-3;1-4-2-3-5(8)7-6(4)9;1-2-3/h9,12,14-19,23-25,28H,1,6,10-11,13,20-22,27H2,2-5,7-8H3,(H2,45,46)(H,47,48);4H,2-3H2,1H3,(H,7,8,9);2H,1H3/b36-12-;;. The fourth-order valence-corrected chi connectivity index (χ4v) is 6.34. The lowest BCUT2D eigenvalue weighted by atomic mass is 9.77. The molecule has 63 heavy (non-hydrogen) atoms. The Bertz CT molecular complexity index is 2150. The minimum absolute atomic E-state index is 0.0164. The lowest BCUT2D eigenvalue weighted by Gasteiger charge is -2.27. The summed E-state index contributed by atoms with van der Waals surface area (Å²) in [5.74, 6) is 2.04. The molecule has 338 valence electrons. The van der Waals surface area contributed by atoms with Crippen LogP contribution in [0.5, 0.6) is 11.5 Å². The van der Waals surface area contributed by atoms with Gasteiger partial charge < -0.3 is 24.7 Å². The van der Waals surface area contributed by atoms with E-state index in [9.17, 15) is 19.6 Å². The highest BCUT2D eigenvalue weighted by atomic mass is 35.5. The molecule has 0 aromatic heterocycles. The Kier molecular flexibility index (Phi) is 22.7. The molecule has 2 unspecified atom stereocenters. The number of nitriles is 1. The van der Waals surface area contributed by atoms with Gasteiger partial charge in [0.2, 0.25) is 11.8 Å². The number of benzene rings is 3. The van der Waals surface area contributed by atoms with Crippen molar-refractivity contribution in [1.82, 2.24) is 5.32 Å². The van der Waals surface area contributed by atoms with E-state index in [0.29, 0.717) is 53.9 Å². The van der Waals surface area contributed by atoms with Gasteiger partial charge in [-0.1, -0.05) is 97.0 Å². The zero-order valence-corrected chi connectivity index (χ0v) is 38.8. The quantitative estimate of drug-likeness (QED) is 0.0279. The Morgan fingerprint density at radius 1 is 1.13 bits per heavy atom. The van der Waals surface area contributed by atoms with Gasteiger partial charge in [-0.15, -0.1) is 0 Å². The molecule has 3 amide bonds. The van der Waals surface area contributed by atoms with E-state index in [1.165, 1.54) is 18.1 Å². The summed E-state index contributed by atoms with van der Waals surface area (Å²) in [5.41, 5.74) is 11.3. The Balaban J connectivity index is 0.000000985. The number of nitrogens with two attached hydrogens (primary N) is 1. The first-order valence-corrected chi connectivity index (χ1v) is 21.5. The molecule has 0 saturated carbocycles. The molecule has 13 heteroatoms. The van der Waals surface area contributed by atoms with Crippen molar-refractivity contribution in [3.63, 3.8) is 0 Å². The number of amides is 3. The molecule has 1 aliphatic rings. The first-order chi connectivity index (χ1) is 29.9. The van der Waals surface area contributed by atoms with E-state index in [1.807, 2.05) is 56.3 Å². The summed E-state index contributed by atoms with van der Waals surface area (Å²) in [6.07, 6.45) is 8.68. The number of aliphatic imine (C=N–C) groups is 1. The summed E-state index contributed by atoms with van der Waals surface area (Å²) in [7, 11) is 0. The molecule has 0 spiro atoms. The first-order valence-electron chi connectivity index (χ1n) is 21.2. The van der Waals surface area contributed by atoms with Crippen LogP contribution in [0.3, 0.4) is 0 Å². The van der Waals surface area contributed by atoms with Crippen LogP contribution in [0, 0.1) is 30.1 Å². The van der Waals surface area contributed by atoms with Gasteiger partial charge in [0.25, 0.3) is 0 Å². The van der Waals surface area contributed by atoms with Gasteiger partial charge >= 0.3 is 6.09 Å². The topological polar surface area (TPSA) is 182 Å². The summed E-state index contributed by atoms with van der Waals surface area (Å²) in [6, 6.07) is 19.4. The van der Waals surface area contributed by atoms with Crippen LogP contribution in [0.25, 0.3) is 0 Å². The SMILES string of the molecule is C=C/C=C(/COc1ccc(C(C)(C)c2cc(Cl)c(OC(=C)CCOC(=O)Nc3ccc(C)c(CC(C)CC)c3)c(C#N)c2)cc1)N=C(N)CCC.CC1CCC(=O)NC1=O.CC=O. The van der Waals surface area contributed by atoms with Crippen molar-refractivity contribution >= 4 is 47.3 Å². The summed E-state index contributed by atoms with van der Waals surface area (Å²) in [6.45, 7) is 23.9. The number of halogens is 1. The molecule has 0 aliphatic carbocycles. The molecule has 4 N–H and O–H groups in total. The van der Waals surface area contributed by atoms with Crippen LogP contribution in [-0.2, 0) is 31.0 Å². The highest BCUT2D eigenvalue weighted by Crippen LogP contribution is 2.39. The summed E-state index contributed by atoms with van der Waals surface area (Å²) in [4.78, 5) is 46.9. The highest BCUT2D eigenvalue weighted by molar-refractivity contribution is 6.32. The number of ether oxygens (including phenoxy) is 3. The number of nitrogens with one attached hydrogen (secondary N) is 2. The second-order valence-electron chi connectivity index (χ2n) is 15.7. The average Bonchev–Trinajstić information content (AvgIpc) is 3.24. The van der Waals surface area contributed by atoms with Crippen LogP contribution < -0.4 is 25.8 Å². The van der Waals surface area contributed by atoms with Crippen LogP contribution in [0.2, 0.25) is 5.02 Å². The normalized spacial score (nSPS) is 14.3. The third kappa shape index (κ3) is 18.0. The maximum absolute atomic E-state index is 12.5. The van der Waals surface area contributed by atoms with E-state index >= 15 is 0 Å². The third-order valence-electron chi connectivity index (χ3n) is 10.2. The molecule has 2 atom stereocenters. The smallest absolute Gasteiger partial charge is 0.411 e. The number of allylic oxidation sites excluding steroid dienone is 2. The number of amidine groups is 1. The molecule has 1 aliphatic heterocycles. The number of piperidine rings is 1. The van der Waals surface area contributed by atoms with Crippen LogP contribution in [0.15, 0.2) is 96.4 Å². The monoisotopic (exact) mass is 881 g/mol. The second-order valence-corrected chi connectivity index (χ2v) is 16.1. The average molecular weight is 883 g/mol. The highest BCUT2D eigenvalue weighted by Gasteiger charge is 2.27. The van der Waals surface area contributed by atoms with E-state index in [0.717, 1.165) is 36.7 Å². The molecule has 3 aromatic rings. The van der Waals surface area contributed by atoms with Crippen LogP contribution in [-0.4, -0.2) is 43.2 Å². The summed E-state index contributed by atoms with van der Waals surface area (Å²) < 4.78 is 17.3. The molecule has 0 bridgehead atoms. The minimum atomic E-state index is -0.570. The van der Waals surface area contributed by atoms with Crippen molar-refractivity contribution < 1.29 is 33.4 Å². The van der Waals surface area contributed by atoms with E-state index in [-0.39, 0.29) is 53.7 Å². The zero-order chi connectivity index (χ0) is 47.1. The predicted molar refractivity (Wildman–Crippen MR) is 252 cm³/mol. The number of anilines is 1. The van der Waals surface area contributed by atoms with E-state index in [2.05, 4.69) is 69.5 Å². The van der Waals surface area contributed by atoms with Gasteiger partial charge in [-0.25, -0.2) is 9.79 Å². The van der Waals surface area contributed by atoms with Gasteiger partial charge in [0.05, 0.1) is 22.1 Å². The van der Waals surface area contributed by atoms with Crippen LogP contribution >= 0.6 is 11.6 Å². The van der Waals surface area contributed by atoms with Gasteiger partial charge in [0, 0.05) is 36.3 Å². The van der Waals surface area contributed by atoms with Crippen molar-refractivity contribution in [3.8, 4) is 17.6 Å².